The predicted molar refractivity (Wildman–Crippen MR) is 95.1 cm³/mol. The molecule has 2 atom stereocenters. The number of aliphatic hydroxyl groups is 1. The normalized spacial score (nSPS) is 25.3. The highest BCUT2D eigenvalue weighted by molar-refractivity contribution is 6.12. The Morgan fingerprint density at radius 3 is 2.58 bits per heavy atom. The molecule has 134 valence electrons. The molecule has 0 radical (unpaired) electrons. The Morgan fingerprint density at radius 1 is 1.15 bits per heavy atom. The molecular formula is C20H20N2O4. The summed E-state index contributed by atoms with van der Waals surface area (Å²) in [6.45, 7) is 4.09. The van der Waals surface area contributed by atoms with E-state index in [4.69, 9.17) is 4.74 Å². The molecule has 0 bridgehead atoms. The van der Waals surface area contributed by atoms with E-state index in [-0.39, 0.29) is 5.92 Å². The van der Waals surface area contributed by atoms with Gasteiger partial charge in [-0.2, -0.15) is 0 Å². The molecule has 4 rings (SSSR count). The summed E-state index contributed by atoms with van der Waals surface area (Å²) in [5.41, 5.74) is 0.438. The Kier molecular flexibility index (Phi) is 3.39. The fourth-order valence-electron chi connectivity index (χ4n) is 3.86. The zero-order chi connectivity index (χ0) is 18.7. The third kappa shape index (κ3) is 1.85. The van der Waals surface area contributed by atoms with Gasteiger partial charge in [-0.05, 0) is 17.5 Å². The first-order chi connectivity index (χ1) is 12.3. The van der Waals surface area contributed by atoms with Gasteiger partial charge >= 0.3 is 6.03 Å². The Hall–Kier alpha value is -2.86. The van der Waals surface area contributed by atoms with Crippen LogP contribution in [0.3, 0.4) is 0 Å². The van der Waals surface area contributed by atoms with Gasteiger partial charge in [0.2, 0.25) is 11.3 Å². The zero-order valence-electron chi connectivity index (χ0n) is 14.8. The molecule has 2 amide bonds. The molecule has 2 aromatic rings. The number of benzene rings is 2. The van der Waals surface area contributed by atoms with Crippen molar-refractivity contribution in [1.82, 2.24) is 10.6 Å². The molecule has 0 fully saturated rings. The molecule has 3 N–H and O–H groups in total. The summed E-state index contributed by atoms with van der Waals surface area (Å²) < 4.78 is 5.95. The number of rotatable bonds is 2. The lowest BCUT2D eigenvalue weighted by Gasteiger charge is -2.34. The number of ether oxygens (including phenoxy) is 1. The first kappa shape index (κ1) is 16.6. The smallest absolute Gasteiger partial charge is 0.315 e. The maximum atomic E-state index is 13.4. The number of Topliss-reactive ketones (excluding diaryl/α,β-unsaturated/α-hetero) is 1. The van der Waals surface area contributed by atoms with Crippen LogP contribution in [-0.2, 0) is 11.3 Å². The number of hydrogen-bond donors (Lipinski definition) is 3. The Morgan fingerprint density at radius 2 is 1.88 bits per heavy atom. The van der Waals surface area contributed by atoms with Crippen molar-refractivity contribution in [3.05, 3.63) is 64.7 Å². The van der Waals surface area contributed by atoms with Crippen molar-refractivity contribution in [2.75, 3.05) is 7.05 Å². The van der Waals surface area contributed by atoms with Gasteiger partial charge in [0.05, 0.1) is 0 Å². The molecule has 26 heavy (non-hydrogen) atoms. The summed E-state index contributed by atoms with van der Waals surface area (Å²) in [5.74, 6) is -1.73. The van der Waals surface area contributed by atoms with Crippen molar-refractivity contribution in [1.29, 1.82) is 0 Å². The lowest BCUT2D eigenvalue weighted by molar-refractivity contribution is -0.168. The maximum Gasteiger partial charge on any atom is 0.315 e. The summed E-state index contributed by atoms with van der Waals surface area (Å²) in [5, 5.41) is 16.6. The van der Waals surface area contributed by atoms with E-state index in [9.17, 15) is 14.7 Å². The Balaban J connectivity index is 1.99. The van der Waals surface area contributed by atoms with Gasteiger partial charge < -0.3 is 20.5 Å². The van der Waals surface area contributed by atoms with Gasteiger partial charge in [0.15, 0.2) is 0 Å². The summed E-state index contributed by atoms with van der Waals surface area (Å²) in [6, 6.07) is 11.6. The number of nitrogens with one attached hydrogen (secondary N) is 2. The number of ketones is 1. The van der Waals surface area contributed by atoms with E-state index in [1.54, 1.807) is 30.3 Å². The molecule has 1 heterocycles. The molecule has 2 aliphatic rings. The molecule has 0 aromatic heterocycles. The number of urea groups is 1. The van der Waals surface area contributed by atoms with E-state index in [1.807, 2.05) is 26.0 Å². The second-order valence-electron chi connectivity index (χ2n) is 6.99. The van der Waals surface area contributed by atoms with E-state index in [0.29, 0.717) is 22.4 Å². The summed E-state index contributed by atoms with van der Waals surface area (Å²) in [7, 11) is 1.45. The van der Waals surface area contributed by atoms with Crippen molar-refractivity contribution in [3.63, 3.8) is 0 Å². The summed E-state index contributed by atoms with van der Waals surface area (Å²) >= 11 is 0. The molecule has 1 aliphatic heterocycles. The maximum absolute atomic E-state index is 13.4. The van der Waals surface area contributed by atoms with Crippen LogP contribution < -0.4 is 15.4 Å². The molecule has 0 saturated carbocycles. The van der Waals surface area contributed by atoms with Gasteiger partial charge in [-0.25, -0.2) is 4.79 Å². The molecule has 6 heteroatoms. The second kappa shape index (κ2) is 5.32. The highest BCUT2D eigenvalue weighted by Gasteiger charge is 2.71. The standard InChI is InChI=1S/C20H20N2O4/c1-11(2)12-8-9-15-16(10-12)26-20(25)14-7-5-4-6-13(14)17(23)19(15,20)22-18(24)21-3/h4-11,25H,1-3H3,(H2,21,22,24). The van der Waals surface area contributed by atoms with Crippen molar-refractivity contribution in [2.24, 2.45) is 0 Å². The fourth-order valence-corrected chi connectivity index (χ4v) is 3.86. The van der Waals surface area contributed by atoms with Crippen LogP contribution in [0.2, 0.25) is 0 Å². The Labute approximate surface area is 151 Å². The van der Waals surface area contributed by atoms with Gasteiger partial charge in [0.25, 0.3) is 5.79 Å². The van der Waals surface area contributed by atoms with Crippen LogP contribution >= 0.6 is 0 Å². The van der Waals surface area contributed by atoms with Crippen LogP contribution in [-0.4, -0.2) is 24.0 Å². The topological polar surface area (TPSA) is 87.7 Å². The van der Waals surface area contributed by atoms with E-state index >= 15 is 0 Å². The van der Waals surface area contributed by atoms with E-state index in [2.05, 4.69) is 10.6 Å². The van der Waals surface area contributed by atoms with Crippen LogP contribution in [0, 0.1) is 0 Å². The summed E-state index contributed by atoms with van der Waals surface area (Å²) in [6.07, 6.45) is 0. The minimum Gasteiger partial charge on any atom is -0.454 e. The third-order valence-corrected chi connectivity index (χ3v) is 5.25. The van der Waals surface area contributed by atoms with Gasteiger partial charge in [-0.1, -0.05) is 50.2 Å². The highest BCUT2D eigenvalue weighted by Crippen LogP contribution is 2.58. The number of fused-ring (bicyclic) bond motifs is 5. The molecular weight excluding hydrogens is 332 g/mol. The minimum atomic E-state index is -1.99. The number of carbonyl (C=O) groups excluding carboxylic acids is 2. The average Bonchev–Trinajstić information content (AvgIpc) is 2.99. The largest absolute Gasteiger partial charge is 0.454 e. The zero-order valence-corrected chi connectivity index (χ0v) is 14.8. The lowest BCUT2D eigenvalue weighted by Crippen LogP contribution is -2.61. The van der Waals surface area contributed by atoms with Crippen LogP contribution in [0.4, 0.5) is 4.79 Å². The van der Waals surface area contributed by atoms with E-state index in [1.165, 1.54) is 7.05 Å². The van der Waals surface area contributed by atoms with Gasteiger partial charge in [-0.15, -0.1) is 0 Å². The minimum absolute atomic E-state index is 0.254. The summed E-state index contributed by atoms with van der Waals surface area (Å²) in [4.78, 5) is 25.5. The van der Waals surface area contributed by atoms with E-state index < -0.39 is 23.1 Å². The first-order valence-electron chi connectivity index (χ1n) is 8.55. The number of hydrogen-bond acceptors (Lipinski definition) is 4. The molecule has 2 aromatic carbocycles. The molecule has 6 nitrogen and oxygen atoms in total. The average molecular weight is 352 g/mol. The highest BCUT2D eigenvalue weighted by atomic mass is 16.6. The molecule has 0 saturated heterocycles. The molecule has 2 unspecified atom stereocenters. The van der Waals surface area contributed by atoms with Crippen LogP contribution in [0.1, 0.15) is 46.8 Å². The Bertz CT molecular complexity index is 939. The van der Waals surface area contributed by atoms with Crippen molar-refractivity contribution in [3.8, 4) is 5.75 Å². The fraction of sp³-hybridized carbons (Fsp3) is 0.300. The third-order valence-electron chi connectivity index (χ3n) is 5.25. The predicted octanol–water partition coefficient (Wildman–Crippen LogP) is 2.37. The first-order valence-corrected chi connectivity index (χ1v) is 8.55. The van der Waals surface area contributed by atoms with Crippen LogP contribution in [0.15, 0.2) is 42.5 Å². The quantitative estimate of drug-likeness (QED) is 0.774. The van der Waals surface area contributed by atoms with Crippen LogP contribution in [0.25, 0.3) is 0 Å². The van der Waals surface area contributed by atoms with Gasteiger partial charge in [0.1, 0.15) is 5.75 Å². The lowest BCUT2D eigenvalue weighted by atomic mass is 9.82. The SMILES string of the molecule is CNC(=O)NC12C(=O)c3ccccc3C1(O)Oc1cc(C(C)C)ccc12. The van der Waals surface area contributed by atoms with Gasteiger partial charge in [0, 0.05) is 23.7 Å². The van der Waals surface area contributed by atoms with Crippen molar-refractivity contribution < 1.29 is 19.4 Å². The van der Waals surface area contributed by atoms with E-state index in [0.717, 1.165) is 5.56 Å². The van der Waals surface area contributed by atoms with Crippen molar-refractivity contribution >= 4 is 11.8 Å². The van der Waals surface area contributed by atoms with Gasteiger partial charge in [-0.3, -0.25) is 4.79 Å². The second-order valence-corrected chi connectivity index (χ2v) is 6.99. The molecule has 0 spiro atoms. The van der Waals surface area contributed by atoms with Crippen molar-refractivity contribution in [2.45, 2.75) is 31.1 Å². The number of amides is 2. The van der Waals surface area contributed by atoms with Crippen LogP contribution in [0.5, 0.6) is 5.75 Å². The number of carbonyl (C=O) groups is 2. The monoisotopic (exact) mass is 352 g/mol. The molecule has 1 aliphatic carbocycles.